The Morgan fingerprint density at radius 2 is 1.63 bits per heavy atom. The van der Waals surface area contributed by atoms with Gasteiger partial charge in [-0.1, -0.05) is 35.5 Å². The fraction of sp³-hybridized carbons (Fsp3) is 0.612. The van der Waals surface area contributed by atoms with Crippen LogP contribution in [0.15, 0.2) is 52.7 Å². The minimum absolute atomic E-state index is 0.00221. The van der Waals surface area contributed by atoms with Crippen molar-refractivity contribution in [3.63, 3.8) is 0 Å². The normalized spacial score (nSPS) is 35.2. The number of benzene rings is 1. The van der Waals surface area contributed by atoms with E-state index in [0.717, 1.165) is 31.3 Å². The van der Waals surface area contributed by atoms with Crippen molar-refractivity contribution in [1.82, 2.24) is 4.90 Å². The third kappa shape index (κ3) is 7.02. The molecule has 1 amide bonds. The van der Waals surface area contributed by atoms with Crippen LogP contribution in [-0.4, -0.2) is 116 Å². The molecule has 4 fully saturated rings. The Labute approximate surface area is 364 Å². The highest BCUT2D eigenvalue weighted by atomic mass is 16.7. The fourth-order valence-corrected chi connectivity index (χ4v) is 10.9. The number of piperidine rings is 1. The van der Waals surface area contributed by atoms with Gasteiger partial charge in [-0.25, -0.2) is 0 Å². The Morgan fingerprint density at radius 1 is 0.919 bits per heavy atom. The molecular weight excluding hydrogens is 795 g/mol. The van der Waals surface area contributed by atoms with Crippen LogP contribution in [0.3, 0.4) is 0 Å². The highest BCUT2D eigenvalue weighted by Crippen LogP contribution is 2.69. The first-order valence-electron chi connectivity index (χ1n) is 22.3. The Kier molecular flexibility index (Phi) is 11.6. The topological polar surface area (TPSA) is 182 Å². The number of Topliss-reactive ketones (excluding diaryl/α,β-unsaturated/α-hetero) is 2. The maximum Gasteiger partial charge on any atom is 0.249 e. The van der Waals surface area contributed by atoms with Crippen LogP contribution in [0, 0.1) is 11.8 Å². The lowest BCUT2D eigenvalue weighted by Gasteiger charge is -2.56. The summed E-state index contributed by atoms with van der Waals surface area (Å²) in [5.41, 5.74) is -1.16. The zero-order valence-electron chi connectivity index (χ0n) is 37.3. The highest BCUT2D eigenvalue weighted by molar-refractivity contribution is 6.19. The van der Waals surface area contributed by atoms with E-state index in [-0.39, 0.29) is 47.2 Å². The Hall–Kier alpha value is -4.11. The van der Waals surface area contributed by atoms with E-state index in [2.05, 4.69) is 6.08 Å². The van der Waals surface area contributed by atoms with Gasteiger partial charge in [0.15, 0.2) is 22.8 Å². The van der Waals surface area contributed by atoms with Crippen molar-refractivity contribution in [2.24, 2.45) is 11.8 Å². The molecule has 4 N–H and O–H groups in total. The molecule has 8 aliphatic rings. The molecule has 9 rings (SSSR count). The first-order chi connectivity index (χ1) is 29.3. The number of aliphatic hydroxyl groups is 4. The lowest BCUT2D eigenvalue weighted by Crippen LogP contribution is -2.72. The predicted molar refractivity (Wildman–Crippen MR) is 230 cm³/mol. The number of ether oxygens (including phenoxy) is 5. The highest BCUT2D eigenvalue weighted by Gasteiger charge is 2.81. The molecule has 1 spiro atoms. The van der Waals surface area contributed by atoms with Crippen molar-refractivity contribution < 1.29 is 58.5 Å². The summed E-state index contributed by atoms with van der Waals surface area (Å²) in [7, 11) is 0. The van der Waals surface area contributed by atoms with Crippen molar-refractivity contribution in [1.29, 1.82) is 0 Å². The van der Waals surface area contributed by atoms with Crippen LogP contribution in [0.5, 0.6) is 17.2 Å². The van der Waals surface area contributed by atoms with E-state index in [4.69, 9.17) is 23.7 Å². The average Bonchev–Trinajstić information content (AvgIpc) is 3.39. The Morgan fingerprint density at radius 3 is 2.31 bits per heavy atom. The van der Waals surface area contributed by atoms with Gasteiger partial charge in [0.1, 0.15) is 52.8 Å². The summed E-state index contributed by atoms with van der Waals surface area (Å²) >= 11 is 0. The number of rotatable bonds is 11. The predicted octanol–water partition coefficient (Wildman–Crippen LogP) is 5.64. The third-order valence-corrected chi connectivity index (χ3v) is 14.2. The van der Waals surface area contributed by atoms with Crippen LogP contribution in [0.4, 0.5) is 0 Å². The minimum Gasteiger partial charge on any atom is -0.482 e. The fourth-order valence-electron chi connectivity index (χ4n) is 10.9. The summed E-state index contributed by atoms with van der Waals surface area (Å²) in [6, 6.07) is 0. The number of aliphatic hydroxyl groups excluding tert-OH is 4. The summed E-state index contributed by atoms with van der Waals surface area (Å²) < 4.78 is 34.0. The average molecular weight is 858 g/mol. The van der Waals surface area contributed by atoms with E-state index >= 15 is 4.79 Å². The van der Waals surface area contributed by atoms with Gasteiger partial charge in [0.05, 0.1) is 17.8 Å². The molecule has 0 radical (unpaired) electrons. The number of carbonyl (C=O) groups is 3. The molecule has 13 heteroatoms. The van der Waals surface area contributed by atoms with Crippen LogP contribution < -0.4 is 14.2 Å². The van der Waals surface area contributed by atoms with Crippen molar-refractivity contribution in [3.05, 3.63) is 69.4 Å². The van der Waals surface area contributed by atoms with Crippen molar-refractivity contribution >= 4 is 23.5 Å². The molecule has 5 aliphatic heterocycles. The maximum absolute atomic E-state index is 15.8. The van der Waals surface area contributed by atoms with Gasteiger partial charge in [-0.2, -0.15) is 0 Å². The zero-order valence-corrected chi connectivity index (χ0v) is 37.3. The smallest absolute Gasteiger partial charge is 0.249 e. The molecule has 1 saturated carbocycles. The molecule has 3 saturated heterocycles. The summed E-state index contributed by atoms with van der Waals surface area (Å²) in [6.45, 7) is 16.3. The standard InChI is InChI=1S/C49H63NO12/c1-26(2)13-12-18-47(8)19-17-31-40(60-47)30(15-14-27(3)4)42-35(41(31)59-45-39(55)38(54)37(53)33(25-51)58-45)36(52)32-23-29-24-34-46(6,7)62-48(43(29)56,49(32,34)61-42)20-16-28(5)44(57)50-21-10-9-11-22-50/h13-14,16-17,19,23,29,33-34,37-39,45,51,53-55H,9-12,15,18,20-22,24-25H2,1-8H3/t29?,33-,34?,37-,38-,39-,45+,47?,48?,49?/m1/s1. The lowest BCUT2D eigenvalue weighted by molar-refractivity contribution is -0.277. The largest absolute Gasteiger partial charge is 0.482 e. The third-order valence-electron chi connectivity index (χ3n) is 14.2. The van der Waals surface area contributed by atoms with E-state index in [1.165, 1.54) is 5.57 Å². The number of hydrogen-bond acceptors (Lipinski definition) is 12. The molecule has 1 aromatic rings. The molecule has 5 unspecified atom stereocenters. The van der Waals surface area contributed by atoms with Crippen LogP contribution in [0.1, 0.15) is 122 Å². The molecule has 5 heterocycles. The first kappa shape index (κ1) is 44.5. The molecule has 4 bridgehead atoms. The maximum atomic E-state index is 15.8. The van der Waals surface area contributed by atoms with Crippen LogP contribution >= 0.6 is 0 Å². The summed E-state index contributed by atoms with van der Waals surface area (Å²) in [5, 5.41) is 42.8. The molecule has 3 aliphatic carbocycles. The molecule has 62 heavy (non-hydrogen) atoms. The molecular formula is C49H63NO12. The number of hydrogen-bond donors (Lipinski definition) is 4. The molecule has 10 atom stereocenters. The van der Waals surface area contributed by atoms with E-state index in [9.17, 15) is 30.0 Å². The number of fused-ring (bicyclic) bond motifs is 2. The van der Waals surface area contributed by atoms with Gasteiger partial charge in [-0.15, -0.1) is 0 Å². The van der Waals surface area contributed by atoms with Crippen molar-refractivity contribution in [3.8, 4) is 17.2 Å². The van der Waals surface area contributed by atoms with Gasteiger partial charge in [0.2, 0.25) is 12.2 Å². The number of carbonyl (C=O) groups excluding carboxylic acids is 3. The van der Waals surface area contributed by atoms with Crippen LogP contribution in [-0.2, 0) is 25.5 Å². The molecule has 13 nitrogen and oxygen atoms in total. The summed E-state index contributed by atoms with van der Waals surface area (Å²) in [6.07, 6.45) is 8.24. The SMILES string of the molecule is CC(C)=CCCC1(C)C=Cc2c(c(CC=C(C)C)c3c(c2O[C@@H]2O[C@H](CO)[C@@H](O)[C@@H](O)[C@H]2O)C(=O)C2=CC4CC5C(C)(C)OC(CC=C(C)C(=O)N6CCCCC6)(C4=O)C25O3)O1. The monoisotopic (exact) mass is 857 g/mol. The summed E-state index contributed by atoms with van der Waals surface area (Å²) in [4.78, 5) is 46.3. The molecule has 1 aromatic carbocycles. The van der Waals surface area contributed by atoms with E-state index in [1.807, 2.05) is 71.6 Å². The van der Waals surface area contributed by atoms with E-state index in [0.29, 0.717) is 48.4 Å². The second-order valence-electron chi connectivity index (χ2n) is 19.6. The number of likely N-dealkylation sites (tertiary alicyclic amines) is 1. The zero-order chi connectivity index (χ0) is 44.7. The van der Waals surface area contributed by atoms with Gasteiger partial charge >= 0.3 is 0 Å². The number of allylic oxidation sites excluding steroid dienone is 5. The van der Waals surface area contributed by atoms with Crippen LogP contribution in [0.2, 0.25) is 0 Å². The Balaban J connectivity index is 1.34. The van der Waals surface area contributed by atoms with E-state index < -0.39 is 77.3 Å². The number of nitrogens with zero attached hydrogens (tertiary/aromatic N) is 1. The van der Waals surface area contributed by atoms with Crippen molar-refractivity contribution in [2.45, 2.75) is 160 Å². The minimum atomic E-state index is -1.78. The first-order valence-corrected chi connectivity index (χ1v) is 22.3. The second kappa shape index (κ2) is 16.2. The second-order valence-corrected chi connectivity index (χ2v) is 19.6. The lowest BCUT2D eigenvalue weighted by atomic mass is 9.51. The van der Waals surface area contributed by atoms with Crippen LogP contribution in [0.25, 0.3) is 6.08 Å². The van der Waals surface area contributed by atoms with Gasteiger partial charge in [0, 0.05) is 48.1 Å². The van der Waals surface area contributed by atoms with Gasteiger partial charge in [-0.3, -0.25) is 14.4 Å². The van der Waals surface area contributed by atoms with Gasteiger partial charge in [0.25, 0.3) is 0 Å². The number of ketones is 2. The molecule has 0 aromatic heterocycles. The van der Waals surface area contributed by atoms with Crippen molar-refractivity contribution in [2.75, 3.05) is 19.7 Å². The quantitative estimate of drug-likeness (QED) is 0.159. The van der Waals surface area contributed by atoms with Gasteiger partial charge < -0.3 is 49.0 Å². The van der Waals surface area contributed by atoms with E-state index in [1.54, 1.807) is 19.1 Å². The summed E-state index contributed by atoms with van der Waals surface area (Å²) in [5.74, 6) is -1.41. The number of amides is 1. The molecule has 336 valence electrons. The Bertz CT molecular complexity index is 2180. The van der Waals surface area contributed by atoms with Gasteiger partial charge in [-0.05, 0) is 112 Å².